The molecule has 4 nitrogen and oxygen atoms in total. The van der Waals surface area contributed by atoms with Crippen molar-refractivity contribution in [1.29, 1.82) is 0 Å². The van der Waals surface area contributed by atoms with E-state index in [9.17, 15) is 4.79 Å². The van der Waals surface area contributed by atoms with Gasteiger partial charge in [-0.3, -0.25) is 4.79 Å². The Bertz CT molecular complexity index is 789. The molecule has 0 radical (unpaired) electrons. The summed E-state index contributed by atoms with van der Waals surface area (Å²) in [5, 5.41) is 3.50. The molecule has 5 heteroatoms. The molecule has 0 saturated carbocycles. The molecule has 2 rings (SSSR count). The van der Waals surface area contributed by atoms with E-state index in [1.807, 2.05) is 32.0 Å². The van der Waals surface area contributed by atoms with Gasteiger partial charge in [0, 0.05) is 5.02 Å². The van der Waals surface area contributed by atoms with Gasteiger partial charge in [0.25, 0.3) is 5.91 Å². The summed E-state index contributed by atoms with van der Waals surface area (Å²) in [7, 11) is 0. The molecule has 2 aromatic carbocycles. The summed E-state index contributed by atoms with van der Waals surface area (Å²) >= 11 is 6.08. The van der Waals surface area contributed by atoms with Gasteiger partial charge in [0.2, 0.25) is 0 Å². The summed E-state index contributed by atoms with van der Waals surface area (Å²) in [6, 6.07) is 11.6. The average molecular weight is 390 g/mol. The number of halogens is 1. The number of carbonyl (C=O) groups is 1. The SMILES string of the molecule is Cc1ccc(C(C)C)c(O[C@H](C)C(=O)NCCOc2ccc(C)c(Cl)c2)c1. The molecule has 0 spiro atoms. The van der Waals surface area contributed by atoms with Crippen LogP contribution in [0.15, 0.2) is 36.4 Å². The number of nitrogens with one attached hydrogen (secondary N) is 1. The summed E-state index contributed by atoms with van der Waals surface area (Å²) in [6.07, 6.45) is -0.585. The number of benzene rings is 2. The summed E-state index contributed by atoms with van der Waals surface area (Å²) in [4.78, 5) is 12.3. The molecule has 1 amide bonds. The van der Waals surface area contributed by atoms with Gasteiger partial charge in [-0.15, -0.1) is 0 Å². The van der Waals surface area contributed by atoms with E-state index in [0.717, 1.165) is 22.4 Å². The molecule has 0 aliphatic rings. The van der Waals surface area contributed by atoms with Gasteiger partial charge in [-0.25, -0.2) is 0 Å². The minimum Gasteiger partial charge on any atom is -0.492 e. The molecule has 0 aliphatic heterocycles. The molecule has 0 aliphatic carbocycles. The van der Waals surface area contributed by atoms with Crippen molar-refractivity contribution in [3.8, 4) is 11.5 Å². The van der Waals surface area contributed by atoms with Crippen LogP contribution in [-0.2, 0) is 4.79 Å². The molecular formula is C22H28ClNO3. The molecule has 0 aromatic heterocycles. The molecule has 0 saturated heterocycles. The van der Waals surface area contributed by atoms with E-state index in [-0.39, 0.29) is 5.91 Å². The summed E-state index contributed by atoms with van der Waals surface area (Å²) < 4.78 is 11.5. The molecule has 0 unspecified atom stereocenters. The van der Waals surface area contributed by atoms with Crippen molar-refractivity contribution in [2.45, 2.75) is 46.6 Å². The van der Waals surface area contributed by atoms with Gasteiger partial charge < -0.3 is 14.8 Å². The molecule has 0 fully saturated rings. The van der Waals surface area contributed by atoms with E-state index >= 15 is 0 Å². The minimum atomic E-state index is -0.585. The first kappa shape index (κ1) is 21.1. The van der Waals surface area contributed by atoms with E-state index in [1.165, 1.54) is 0 Å². The molecule has 0 bridgehead atoms. The van der Waals surface area contributed by atoms with Crippen LogP contribution in [0.25, 0.3) is 0 Å². The van der Waals surface area contributed by atoms with Gasteiger partial charge in [-0.05, 0) is 61.6 Å². The van der Waals surface area contributed by atoms with Crippen molar-refractivity contribution in [3.05, 3.63) is 58.1 Å². The van der Waals surface area contributed by atoms with Crippen LogP contribution in [0, 0.1) is 13.8 Å². The number of ether oxygens (including phenoxy) is 2. The minimum absolute atomic E-state index is 0.170. The normalized spacial score (nSPS) is 12.0. The summed E-state index contributed by atoms with van der Waals surface area (Å²) in [5.74, 6) is 1.60. The van der Waals surface area contributed by atoms with Crippen LogP contribution < -0.4 is 14.8 Å². The van der Waals surface area contributed by atoms with Crippen LogP contribution in [0.4, 0.5) is 0 Å². The third-order valence-electron chi connectivity index (χ3n) is 4.28. The monoisotopic (exact) mass is 389 g/mol. The summed E-state index contributed by atoms with van der Waals surface area (Å²) in [6.45, 7) is 10.7. The second kappa shape index (κ2) is 9.65. The van der Waals surface area contributed by atoms with Crippen molar-refractivity contribution in [2.75, 3.05) is 13.2 Å². The maximum Gasteiger partial charge on any atom is 0.260 e. The van der Waals surface area contributed by atoms with E-state index in [1.54, 1.807) is 13.0 Å². The van der Waals surface area contributed by atoms with Gasteiger partial charge in [0.05, 0.1) is 6.54 Å². The first-order valence-corrected chi connectivity index (χ1v) is 9.59. The number of aryl methyl sites for hydroxylation is 2. The third kappa shape index (κ3) is 6.17. The second-order valence-corrected chi connectivity index (χ2v) is 7.41. The zero-order valence-corrected chi connectivity index (χ0v) is 17.4. The lowest BCUT2D eigenvalue weighted by Gasteiger charge is -2.19. The van der Waals surface area contributed by atoms with E-state index in [4.69, 9.17) is 21.1 Å². The first-order valence-electron chi connectivity index (χ1n) is 9.21. The lowest BCUT2D eigenvalue weighted by molar-refractivity contribution is -0.127. The Hall–Kier alpha value is -2.20. The largest absolute Gasteiger partial charge is 0.492 e. The molecule has 146 valence electrons. The van der Waals surface area contributed by atoms with Crippen molar-refractivity contribution >= 4 is 17.5 Å². The highest BCUT2D eigenvalue weighted by Crippen LogP contribution is 2.28. The van der Waals surface area contributed by atoms with E-state index < -0.39 is 6.10 Å². The molecule has 27 heavy (non-hydrogen) atoms. The van der Waals surface area contributed by atoms with Gasteiger partial charge in [-0.2, -0.15) is 0 Å². The third-order valence-corrected chi connectivity index (χ3v) is 4.68. The van der Waals surface area contributed by atoms with Crippen molar-refractivity contribution in [1.82, 2.24) is 5.32 Å². The Morgan fingerprint density at radius 3 is 2.52 bits per heavy atom. The maximum absolute atomic E-state index is 12.3. The molecular weight excluding hydrogens is 362 g/mol. The smallest absolute Gasteiger partial charge is 0.260 e. The second-order valence-electron chi connectivity index (χ2n) is 7.01. The molecule has 1 N–H and O–H groups in total. The predicted molar refractivity (Wildman–Crippen MR) is 110 cm³/mol. The van der Waals surface area contributed by atoms with Gasteiger partial charge in [0.1, 0.15) is 18.1 Å². The van der Waals surface area contributed by atoms with Crippen LogP contribution in [-0.4, -0.2) is 25.2 Å². The van der Waals surface area contributed by atoms with Crippen LogP contribution in [0.2, 0.25) is 5.02 Å². The fourth-order valence-corrected chi connectivity index (χ4v) is 2.79. The maximum atomic E-state index is 12.3. The van der Waals surface area contributed by atoms with Crippen LogP contribution in [0.5, 0.6) is 11.5 Å². The van der Waals surface area contributed by atoms with E-state index in [2.05, 4.69) is 31.3 Å². The lowest BCUT2D eigenvalue weighted by atomic mass is 10.0. The number of hydrogen-bond donors (Lipinski definition) is 1. The number of hydrogen-bond acceptors (Lipinski definition) is 3. The van der Waals surface area contributed by atoms with Crippen molar-refractivity contribution < 1.29 is 14.3 Å². The van der Waals surface area contributed by atoms with Crippen LogP contribution in [0.1, 0.15) is 43.4 Å². The van der Waals surface area contributed by atoms with Gasteiger partial charge >= 0.3 is 0 Å². The zero-order valence-electron chi connectivity index (χ0n) is 16.6. The predicted octanol–water partition coefficient (Wildman–Crippen LogP) is 5.04. The average Bonchev–Trinajstić information content (AvgIpc) is 2.61. The Kier molecular flexibility index (Phi) is 7.55. The molecule has 1 atom stereocenters. The van der Waals surface area contributed by atoms with Crippen LogP contribution >= 0.6 is 11.6 Å². The Balaban J connectivity index is 1.83. The quantitative estimate of drug-likeness (QED) is 0.643. The fraction of sp³-hybridized carbons (Fsp3) is 0.409. The van der Waals surface area contributed by atoms with E-state index in [0.29, 0.717) is 29.8 Å². The highest BCUT2D eigenvalue weighted by atomic mass is 35.5. The standard InChI is InChI=1S/C22H28ClNO3/c1-14(2)19-9-6-15(3)12-21(19)27-17(5)22(25)24-10-11-26-18-8-7-16(4)20(23)13-18/h6-9,12-14,17H,10-11H2,1-5H3,(H,24,25)/t17-/m1/s1. The van der Waals surface area contributed by atoms with Crippen LogP contribution in [0.3, 0.4) is 0 Å². The summed E-state index contributed by atoms with van der Waals surface area (Å²) in [5.41, 5.74) is 3.20. The first-order chi connectivity index (χ1) is 12.8. The topological polar surface area (TPSA) is 47.6 Å². The lowest BCUT2D eigenvalue weighted by Crippen LogP contribution is -2.38. The molecule has 2 aromatic rings. The van der Waals surface area contributed by atoms with Crippen molar-refractivity contribution in [2.24, 2.45) is 0 Å². The van der Waals surface area contributed by atoms with Crippen molar-refractivity contribution in [3.63, 3.8) is 0 Å². The fourth-order valence-electron chi connectivity index (χ4n) is 2.61. The Morgan fingerprint density at radius 2 is 1.85 bits per heavy atom. The van der Waals surface area contributed by atoms with Gasteiger partial charge in [0.15, 0.2) is 6.10 Å². The zero-order chi connectivity index (χ0) is 20.0. The highest BCUT2D eigenvalue weighted by molar-refractivity contribution is 6.31. The number of carbonyl (C=O) groups excluding carboxylic acids is 1. The highest BCUT2D eigenvalue weighted by Gasteiger charge is 2.17. The van der Waals surface area contributed by atoms with Gasteiger partial charge in [-0.1, -0.05) is 43.6 Å². The Morgan fingerprint density at radius 1 is 1.11 bits per heavy atom. The number of amides is 1. The Labute approximate surface area is 166 Å². The molecule has 0 heterocycles. The number of rotatable bonds is 8.